The van der Waals surface area contributed by atoms with Crippen LogP contribution in [0.3, 0.4) is 0 Å². The first-order valence-electron chi connectivity index (χ1n) is 5.32. The number of benzene rings is 1. The van der Waals surface area contributed by atoms with Crippen LogP contribution in [0.2, 0.25) is 0 Å². The van der Waals surface area contributed by atoms with E-state index in [1.807, 2.05) is 0 Å². The highest BCUT2D eigenvalue weighted by molar-refractivity contribution is 9.11. The van der Waals surface area contributed by atoms with Crippen LogP contribution in [0.15, 0.2) is 32.5 Å². The lowest BCUT2D eigenvalue weighted by Crippen LogP contribution is -2.27. The minimum Gasteiger partial charge on any atom is -0.464 e. The summed E-state index contributed by atoms with van der Waals surface area (Å²) in [6.45, 7) is 0. The molecule has 1 aromatic rings. The molecule has 0 unspecified atom stereocenters. The number of ether oxygens (including phenoxy) is 3. The molecular formula is C12H9Br2NO5. The summed E-state index contributed by atoms with van der Waals surface area (Å²) in [5.74, 6) is -1.39. The van der Waals surface area contributed by atoms with Crippen LogP contribution in [0.25, 0.3) is 0 Å². The first-order chi connectivity index (χ1) is 9.47. The van der Waals surface area contributed by atoms with Gasteiger partial charge in [0.05, 0.1) is 24.4 Å². The average Bonchev–Trinajstić information content (AvgIpc) is 2.44. The predicted molar refractivity (Wildman–Crippen MR) is 77.2 cm³/mol. The molecule has 8 heteroatoms. The fourth-order valence-electron chi connectivity index (χ4n) is 1.58. The molecular weight excluding hydrogens is 398 g/mol. The summed E-state index contributed by atoms with van der Waals surface area (Å²) in [6.07, 6.45) is 0. The Morgan fingerprint density at radius 1 is 1.15 bits per heavy atom. The largest absolute Gasteiger partial charge is 0.464 e. The molecule has 6 nitrogen and oxygen atoms in total. The second kappa shape index (κ2) is 5.84. The van der Waals surface area contributed by atoms with E-state index in [9.17, 15) is 9.59 Å². The lowest BCUT2D eigenvalue weighted by atomic mass is 10.2. The quantitative estimate of drug-likeness (QED) is 0.761. The maximum Gasteiger partial charge on any atom is 0.376 e. The number of carbonyl (C=O) groups excluding carboxylic acids is 2. The normalized spacial score (nSPS) is 13.0. The number of fused-ring (bicyclic) bond motifs is 1. The summed E-state index contributed by atoms with van der Waals surface area (Å²) in [6, 6.07) is 3.45. The topological polar surface area (TPSA) is 73.9 Å². The van der Waals surface area contributed by atoms with Gasteiger partial charge in [-0.3, -0.25) is 0 Å². The summed E-state index contributed by atoms with van der Waals surface area (Å²) in [5, 5.41) is 2.81. The van der Waals surface area contributed by atoms with Crippen molar-refractivity contribution in [2.45, 2.75) is 0 Å². The second-order valence-electron chi connectivity index (χ2n) is 3.68. The van der Waals surface area contributed by atoms with Crippen molar-refractivity contribution in [3.8, 4) is 5.75 Å². The molecule has 0 saturated heterocycles. The summed E-state index contributed by atoms with van der Waals surface area (Å²) in [4.78, 5) is 23.4. The number of anilines is 1. The van der Waals surface area contributed by atoms with Crippen molar-refractivity contribution in [2.24, 2.45) is 0 Å². The van der Waals surface area contributed by atoms with Gasteiger partial charge in [-0.25, -0.2) is 9.59 Å². The van der Waals surface area contributed by atoms with Crippen LogP contribution >= 0.6 is 31.9 Å². The molecule has 20 heavy (non-hydrogen) atoms. The summed E-state index contributed by atoms with van der Waals surface area (Å²) in [7, 11) is 2.40. The minimum absolute atomic E-state index is 0.114. The van der Waals surface area contributed by atoms with Gasteiger partial charge in [0.25, 0.3) is 0 Å². The van der Waals surface area contributed by atoms with Crippen LogP contribution in [0.1, 0.15) is 0 Å². The summed E-state index contributed by atoms with van der Waals surface area (Å²) < 4.78 is 16.1. The van der Waals surface area contributed by atoms with Gasteiger partial charge in [0, 0.05) is 4.47 Å². The number of carbonyl (C=O) groups is 2. The van der Waals surface area contributed by atoms with Crippen molar-refractivity contribution in [1.29, 1.82) is 0 Å². The monoisotopic (exact) mass is 405 g/mol. The van der Waals surface area contributed by atoms with E-state index in [1.165, 1.54) is 14.2 Å². The average molecular weight is 407 g/mol. The maximum absolute atomic E-state index is 11.7. The van der Waals surface area contributed by atoms with Crippen molar-refractivity contribution in [3.05, 3.63) is 32.5 Å². The van der Waals surface area contributed by atoms with Crippen molar-refractivity contribution in [2.75, 3.05) is 19.5 Å². The van der Waals surface area contributed by atoms with E-state index >= 15 is 0 Å². The lowest BCUT2D eigenvalue weighted by Gasteiger charge is -2.23. The Hall–Kier alpha value is -1.54. The third kappa shape index (κ3) is 2.66. The highest BCUT2D eigenvalue weighted by Crippen LogP contribution is 2.41. The molecule has 2 rings (SSSR count). The van der Waals surface area contributed by atoms with Gasteiger partial charge in [0.15, 0.2) is 11.4 Å². The zero-order valence-corrected chi connectivity index (χ0v) is 13.6. The summed E-state index contributed by atoms with van der Waals surface area (Å²) >= 11 is 6.64. The van der Waals surface area contributed by atoms with Crippen molar-refractivity contribution in [1.82, 2.24) is 0 Å². The summed E-state index contributed by atoms with van der Waals surface area (Å²) in [5.41, 5.74) is 0.399. The highest BCUT2D eigenvalue weighted by Gasteiger charge is 2.31. The molecule has 1 N–H and O–H groups in total. The van der Waals surface area contributed by atoms with Gasteiger partial charge in [-0.2, -0.15) is 0 Å². The van der Waals surface area contributed by atoms with Crippen LogP contribution in [0, 0.1) is 0 Å². The van der Waals surface area contributed by atoms with Gasteiger partial charge in [-0.1, -0.05) is 15.9 Å². The van der Waals surface area contributed by atoms with Crippen LogP contribution in [0.5, 0.6) is 5.75 Å². The molecule has 0 atom stereocenters. The first-order valence-corrected chi connectivity index (χ1v) is 6.91. The van der Waals surface area contributed by atoms with Gasteiger partial charge in [0.2, 0.25) is 5.76 Å². The van der Waals surface area contributed by atoms with Crippen LogP contribution in [0.4, 0.5) is 5.69 Å². The Bertz CT molecular complexity index is 627. The number of hydrogen-bond donors (Lipinski definition) is 1. The molecule has 106 valence electrons. The standard InChI is InChI=1S/C12H9Br2NO5/c1-18-11(16)8-10(12(17)19-2)20-9-6(14)3-5(13)4-7(9)15-8/h3-4,15H,1-2H3. The Morgan fingerprint density at radius 2 is 1.80 bits per heavy atom. The van der Waals surface area contributed by atoms with Gasteiger partial charge >= 0.3 is 11.9 Å². The number of halogens is 2. The SMILES string of the molecule is COC(=O)C1=C(C(=O)OC)Oc2c(Br)cc(Br)cc2N1. The van der Waals surface area contributed by atoms with Crippen molar-refractivity contribution >= 4 is 49.5 Å². The maximum atomic E-state index is 11.7. The van der Waals surface area contributed by atoms with E-state index in [1.54, 1.807) is 12.1 Å². The van der Waals surface area contributed by atoms with Crippen molar-refractivity contribution < 1.29 is 23.8 Å². The Balaban J connectivity index is 2.54. The number of esters is 2. The first kappa shape index (κ1) is 14.9. The Morgan fingerprint density at radius 3 is 2.40 bits per heavy atom. The van der Waals surface area contributed by atoms with E-state index in [0.717, 1.165) is 4.47 Å². The molecule has 1 aliphatic heterocycles. The van der Waals surface area contributed by atoms with Crippen molar-refractivity contribution in [3.63, 3.8) is 0 Å². The fraction of sp³-hybridized carbons (Fsp3) is 0.167. The van der Waals surface area contributed by atoms with E-state index in [-0.39, 0.29) is 11.5 Å². The molecule has 0 amide bonds. The third-order valence-corrected chi connectivity index (χ3v) is 3.51. The van der Waals surface area contributed by atoms with Gasteiger partial charge < -0.3 is 19.5 Å². The molecule has 0 bridgehead atoms. The second-order valence-corrected chi connectivity index (χ2v) is 5.45. The van der Waals surface area contributed by atoms with Gasteiger partial charge in [-0.15, -0.1) is 0 Å². The smallest absolute Gasteiger partial charge is 0.376 e. The zero-order chi connectivity index (χ0) is 14.9. The van der Waals surface area contributed by atoms with Crippen LogP contribution in [-0.2, 0) is 19.1 Å². The molecule has 1 aromatic carbocycles. The molecule has 0 fully saturated rings. The van der Waals surface area contributed by atoms with Gasteiger partial charge in [0.1, 0.15) is 0 Å². The molecule has 1 heterocycles. The highest BCUT2D eigenvalue weighted by atomic mass is 79.9. The molecule has 0 aliphatic carbocycles. The third-order valence-electron chi connectivity index (χ3n) is 2.46. The molecule has 0 spiro atoms. The molecule has 0 radical (unpaired) electrons. The predicted octanol–water partition coefficient (Wildman–Crippen LogP) is 2.57. The van der Waals surface area contributed by atoms with Gasteiger partial charge in [-0.05, 0) is 28.1 Å². The Labute approximate surface area is 131 Å². The number of hydrogen-bond acceptors (Lipinski definition) is 6. The Kier molecular flexibility index (Phi) is 4.34. The van der Waals surface area contributed by atoms with E-state index < -0.39 is 11.9 Å². The lowest BCUT2D eigenvalue weighted by molar-refractivity contribution is -0.141. The number of nitrogens with one attached hydrogen (secondary N) is 1. The molecule has 0 aromatic heterocycles. The van der Waals surface area contributed by atoms with E-state index in [2.05, 4.69) is 46.7 Å². The molecule has 1 aliphatic rings. The zero-order valence-electron chi connectivity index (χ0n) is 10.5. The van der Waals surface area contributed by atoms with E-state index in [0.29, 0.717) is 15.9 Å². The molecule has 0 saturated carbocycles. The van der Waals surface area contributed by atoms with E-state index in [4.69, 9.17) is 4.74 Å². The van der Waals surface area contributed by atoms with Crippen LogP contribution in [-0.4, -0.2) is 26.2 Å². The number of rotatable bonds is 2. The minimum atomic E-state index is -0.779. The number of methoxy groups -OCH3 is 2. The fourth-order valence-corrected chi connectivity index (χ4v) is 2.89. The van der Waals surface area contributed by atoms with Crippen LogP contribution < -0.4 is 10.1 Å².